The second-order valence-corrected chi connectivity index (χ2v) is 8.17. The summed E-state index contributed by atoms with van der Waals surface area (Å²) in [5, 5.41) is 5.71. The lowest BCUT2D eigenvalue weighted by Gasteiger charge is -2.14. The molecule has 2 amide bonds. The zero-order valence-corrected chi connectivity index (χ0v) is 18.2. The number of carbonyl (C=O) groups excluding carboxylic acids is 2. The molecule has 0 fully saturated rings. The first-order chi connectivity index (χ1) is 14.8. The van der Waals surface area contributed by atoms with Crippen LogP contribution in [0.1, 0.15) is 48.2 Å². The number of nitrogens with one attached hydrogen (secondary N) is 2. The van der Waals surface area contributed by atoms with Gasteiger partial charge in [0.25, 0.3) is 5.91 Å². The van der Waals surface area contributed by atoms with Crippen LogP contribution in [0, 0.1) is 5.92 Å². The summed E-state index contributed by atoms with van der Waals surface area (Å²) in [6.07, 6.45) is 1.03. The quantitative estimate of drug-likeness (QED) is 0.448. The molecule has 0 aromatic heterocycles. The molecule has 0 saturated heterocycles. The highest BCUT2D eigenvalue weighted by molar-refractivity contribution is 6.06. The van der Waals surface area contributed by atoms with E-state index in [1.54, 1.807) is 36.4 Å². The molecule has 3 aromatic carbocycles. The molecule has 0 aliphatic heterocycles. The van der Waals surface area contributed by atoms with Gasteiger partial charge in [0, 0.05) is 11.3 Å². The number of para-hydroxylation sites is 2. The highest BCUT2D eigenvalue weighted by atomic mass is 16.2. The third-order valence-corrected chi connectivity index (χ3v) is 5.14. The van der Waals surface area contributed by atoms with Crippen LogP contribution >= 0.6 is 0 Å². The minimum atomic E-state index is -0.280. The van der Waals surface area contributed by atoms with E-state index in [4.69, 9.17) is 5.73 Å². The van der Waals surface area contributed by atoms with E-state index in [0.29, 0.717) is 28.5 Å². The minimum Gasteiger partial charge on any atom is -0.397 e. The Bertz CT molecular complexity index is 1040. The summed E-state index contributed by atoms with van der Waals surface area (Å²) in [4.78, 5) is 25.1. The van der Waals surface area contributed by atoms with Crippen LogP contribution in [0.25, 0.3) is 0 Å². The lowest BCUT2D eigenvalue weighted by atomic mass is 9.96. The van der Waals surface area contributed by atoms with Crippen molar-refractivity contribution in [2.45, 2.75) is 33.1 Å². The standard InChI is InChI=1S/C26H29N3O2/c1-17(2)16-19-8-10-20(11-9-19)18(3)25(30)28-22-14-12-21(13-15-22)26(31)29-24-7-5-4-6-23(24)27/h4-15,17-18H,16,27H2,1-3H3,(H,28,30)(H,29,31). The van der Waals surface area contributed by atoms with Crippen molar-refractivity contribution in [1.82, 2.24) is 0 Å². The fourth-order valence-corrected chi connectivity index (χ4v) is 3.33. The highest BCUT2D eigenvalue weighted by Gasteiger charge is 2.16. The molecule has 1 atom stereocenters. The maximum absolute atomic E-state index is 12.7. The fourth-order valence-electron chi connectivity index (χ4n) is 3.33. The van der Waals surface area contributed by atoms with Gasteiger partial charge in [0.2, 0.25) is 5.91 Å². The highest BCUT2D eigenvalue weighted by Crippen LogP contribution is 2.21. The molecule has 160 valence electrons. The SMILES string of the molecule is CC(C)Cc1ccc(C(C)C(=O)Nc2ccc(C(=O)Nc3ccccc3N)cc2)cc1. The number of nitrogen functional groups attached to an aromatic ring is 1. The van der Waals surface area contributed by atoms with Gasteiger partial charge in [-0.1, -0.05) is 50.2 Å². The van der Waals surface area contributed by atoms with Gasteiger partial charge < -0.3 is 16.4 Å². The molecular weight excluding hydrogens is 386 g/mol. The minimum absolute atomic E-state index is 0.0918. The smallest absolute Gasteiger partial charge is 0.255 e. The lowest BCUT2D eigenvalue weighted by Crippen LogP contribution is -2.19. The van der Waals surface area contributed by atoms with E-state index >= 15 is 0 Å². The van der Waals surface area contributed by atoms with Gasteiger partial charge in [-0.3, -0.25) is 9.59 Å². The number of nitrogens with two attached hydrogens (primary N) is 1. The molecule has 0 bridgehead atoms. The van der Waals surface area contributed by atoms with Crippen molar-refractivity contribution in [1.29, 1.82) is 0 Å². The Morgan fingerprint density at radius 1 is 0.839 bits per heavy atom. The molecule has 5 nitrogen and oxygen atoms in total. The van der Waals surface area contributed by atoms with Gasteiger partial charge in [0.1, 0.15) is 0 Å². The number of carbonyl (C=O) groups is 2. The Morgan fingerprint density at radius 2 is 1.48 bits per heavy atom. The molecule has 0 spiro atoms. The summed E-state index contributed by atoms with van der Waals surface area (Å²) in [5.74, 6) is -0.0321. The molecular formula is C26H29N3O2. The summed E-state index contributed by atoms with van der Waals surface area (Å²) >= 11 is 0. The molecule has 0 heterocycles. The Morgan fingerprint density at radius 3 is 2.10 bits per heavy atom. The first-order valence-electron chi connectivity index (χ1n) is 10.5. The van der Waals surface area contributed by atoms with Crippen molar-refractivity contribution in [3.63, 3.8) is 0 Å². The van der Waals surface area contributed by atoms with Crippen LogP contribution in [-0.2, 0) is 11.2 Å². The summed E-state index contributed by atoms with van der Waals surface area (Å²) < 4.78 is 0. The molecule has 0 aliphatic rings. The average Bonchev–Trinajstić information content (AvgIpc) is 2.75. The Labute approximate surface area is 183 Å². The van der Waals surface area contributed by atoms with Gasteiger partial charge in [0.15, 0.2) is 0 Å². The summed E-state index contributed by atoms with van der Waals surface area (Å²) in [5.41, 5.74) is 10.3. The maximum Gasteiger partial charge on any atom is 0.255 e. The fraction of sp³-hybridized carbons (Fsp3) is 0.231. The largest absolute Gasteiger partial charge is 0.397 e. The van der Waals surface area contributed by atoms with E-state index in [1.807, 2.05) is 31.2 Å². The molecule has 3 rings (SSSR count). The number of hydrogen-bond acceptors (Lipinski definition) is 3. The molecule has 1 unspecified atom stereocenters. The number of rotatable bonds is 7. The number of anilines is 3. The zero-order valence-electron chi connectivity index (χ0n) is 18.2. The Balaban J connectivity index is 1.60. The molecule has 0 saturated carbocycles. The van der Waals surface area contributed by atoms with E-state index in [0.717, 1.165) is 12.0 Å². The van der Waals surface area contributed by atoms with E-state index in [9.17, 15) is 9.59 Å². The van der Waals surface area contributed by atoms with E-state index in [2.05, 4.69) is 36.6 Å². The van der Waals surface area contributed by atoms with Crippen molar-refractivity contribution in [3.8, 4) is 0 Å². The molecule has 0 radical (unpaired) electrons. The second-order valence-electron chi connectivity index (χ2n) is 8.17. The van der Waals surface area contributed by atoms with Crippen molar-refractivity contribution < 1.29 is 9.59 Å². The Hall–Kier alpha value is -3.60. The Kier molecular flexibility index (Phi) is 7.08. The van der Waals surface area contributed by atoms with Gasteiger partial charge in [-0.25, -0.2) is 0 Å². The van der Waals surface area contributed by atoms with Crippen molar-refractivity contribution in [2.75, 3.05) is 16.4 Å². The molecule has 31 heavy (non-hydrogen) atoms. The molecule has 5 heteroatoms. The molecule has 0 aliphatic carbocycles. The maximum atomic E-state index is 12.7. The summed E-state index contributed by atoms with van der Waals surface area (Å²) in [6.45, 7) is 6.27. The monoisotopic (exact) mass is 415 g/mol. The molecule has 3 aromatic rings. The average molecular weight is 416 g/mol. The topological polar surface area (TPSA) is 84.2 Å². The van der Waals surface area contributed by atoms with Gasteiger partial charge in [-0.05, 0) is 66.8 Å². The van der Waals surface area contributed by atoms with Crippen LogP contribution in [0.2, 0.25) is 0 Å². The normalized spacial score (nSPS) is 11.7. The first-order valence-corrected chi connectivity index (χ1v) is 10.5. The predicted octanol–water partition coefficient (Wildman–Crippen LogP) is 5.46. The van der Waals surface area contributed by atoms with Gasteiger partial charge >= 0.3 is 0 Å². The van der Waals surface area contributed by atoms with E-state index in [1.165, 1.54) is 5.56 Å². The van der Waals surface area contributed by atoms with Crippen LogP contribution < -0.4 is 16.4 Å². The van der Waals surface area contributed by atoms with Gasteiger partial charge in [-0.15, -0.1) is 0 Å². The first kappa shape index (κ1) is 22.1. The summed E-state index contributed by atoms with van der Waals surface area (Å²) in [6, 6.07) is 22.1. The molecule has 4 N–H and O–H groups in total. The van der Waals surface area contributed by atoms with Crippen LogP contribution in [0.3, 0.4) is 0 Å². The van der Waals surface area contributed by atoms with Crippen LogP contribution in [0.5, 0.6) is 0 Å². The number of hydrogen-bond donors (Lipinski definition) is 3. The van der Waals surface area contributed by atoms with Gasteiger partial charge in [-0.2, -0.15) is 0 Å². The lowest BCUT2D eigenvalue weighted by molar-refractivity contribution is -0.117. The van der Waals surface area contributed by atoms with Crippen molar-refractivity contribution in [3.05, 3.63) is 89.5 Å². The van der Waals surface area contributed by atoms with E-state index < -0.39 is 0 Å². The number of benzene rings is 3. The van der Waals surface area contributed by atoms with Crippen LogP contribution in [0.15, 0.2) is 72.8 Å². The number of amides is 2. The van der Waals surface area contributed by atoms with Crippen LogP contribution in [-0.4, -0.2) is 11.8 Å². The van der Waals surface area contributed by atoms with Crippen molar-refractivity contribution >= 4 is 28.9 Å². The van der Waals surface area contributed by atoms with Crippen molar-refractivity contribution in [2.24, 2.45) is 5.92 Å². The summed E-state index contributed by atoms with van der Waals surface area (Å²) in [7, 11) is 0. The van der Waals surface area contributed by atoms with Crippen LogP contribution in [0.4, 0.5) is 17.1 Å². The second kappa shape index (κ2) is 9.94. The zero-order chi connectivity index (χ0) is 22.4. The van der Waals surface area contributed by atoms with Gasteiger partial charge in [0.05, 0.1) is 17.3 Å². The predicted molar refractivity (Wildman–Crippen MR) is 127 cm³/mol. The van der Waals surface area contributed by atoms with E-state index in [-0.39, 0.29) is 17.7 Å². The third kappa shape index (κ3) is 5.95. The third-order valence-electron chi connectivity index (χ3n) is 5.14.